The van der Waals surface area contributed by atoms with E-state index in [4.69, 9.17) is 19.1 Å². The molecule has 0 N–H and O–H groups in total. The zero-order chi connectivity index (χ0) is 13.9. The number of hydrogen-bond donors (Lipinski definition) is 0. The Hall–Kier alpha value is -0.240. The first-order valence-electron chi connectivity index (χ1n) is 7.75. The summed E-state index contributed by atoms with van der Waals surface area (Å²) in [6, 6.07) is 0. The van der Waals surface area contributed by atoms with E-state index in [2.05, 4.69) is 18.9 Å². The molecule has 0 aromatic carbocycles. The second-order valence-corrected chi connectivity index (χ2v) is 6.16. The van der Waals surface area contributed by atoms with Gasteiger partial charge in [0.2, 0.25) is 0 Å². The van der Waals surface area contributed by atoms with Crippen LogP contribution in [-0.2, 0) is 19.1 Å². The molecule has 6 nitrogen and oxygen atoms in total. The molecule has 0 radical (unpaired) electrons. The van der Waals surface area contributed by atoms with Crippen LogP contribution >= 0.6 is 0 Å². The molecule has 3 fully saturated rings. The molecular formula is C14H26N2O4. The van der Waals surface area contributed by atoms with Gasteiger partial charge in [0.15, 0.2) is 0 Å². The highest BCUT2D eigenvalue weighted by Gasteiger charge is 2.34. The Labute approximate surface area is 120 Å². The summed E-state index contributed by atoms with van der Waals surface area (Å²) in [6.07, 6.45) is 2.16. The third-order valence-electron chi connectivity index (χ3n) is 3.87. The molecule has 3 rings (SSSR count). The minimum Gasteiger partial charge on any atom is -0.372 e. The van der Waals surface area contributed by atoms with Crippen LogP contribution in [0.3, 0.4) is 0 Å². The molecule has 4 unspecified atom stereocenters. The molecule has 0 aliphatic carbocycles. The van der Waals surface area contributed by atoms with Crippen LogP contribution in [0, 0.1) is 5.92 Å². The van der Waals surface area contributed by atoms with Crippen LogP contribution < -0.4 is 0 Å². The van der Waals surface area contributed by atoms with Crippen LogP contribution in [0.2, 0.25) is 0 Å². The fourth-order valence-corrected chi connectivity index (χ4v) is 2.12. The number of hydroxylamine groups is 4. The van der Waals surface area contributed by atoms with Crippen molar-refractivity contribution >= 4 is 0 Å². The molecule has 3 saturated heterocycles. The first-order chi connectivity index (χ1) is 9.72. The lowest BCUT2D eigenvalue weighted by atomic mass is 10.1. The number of ether oxygens (including phenoxy) is 3. The number of epoxide rings is 3. The van der Waals surface area contributed by atoms with Gasteiger partial charge in [-0.3, -0.25) is 0 Å². The van der Waals surface area contributed by atoms with Gasteiger partial charge in [0.05, 0.1) is 57.8 Å². The lowest BCUT2D eigenvalue weighted by Crippen LogP contribution is -2.42. The number of nitrogens with zero attached hydrogens (tertiary/aromatic N) is 2. The van der Waals surface area contributed by atoms with E-state index in [1.54, 1.807) is 0 Å². The first kappa shape index (κ1) is 14.7. The fourth-order valence-electron chi connectivity index (χ4n) is 2.12. The topological polar surface area (TPSA) is 53.3 Å². The fraction of sp³-hybridized carbons (Fsp3) is 1.00. The standard InChI is InChI=1S/C14H26N2O4/c1-3-11(2)4-15(5-12-8-17-12)20-16(6-13-9-18-13)7-14-10-19-14/h11-14H,3-10H2,1-2H3. The highest BCUT2D eigenvalue weighted by atomic mass is 16.8. The van der Waals surface area contributed by atoms with E-state index in [-0.39, 0.29) is 0 Å². The van der Waals surface area contributed by atoms with E-state index < -0.39 is 0 Å². The summed E-state index contributed by atoms with van der Waals surface area (Å²) in [7, 11) is 0. The molecule has 0 amide bonds. The van der Waals surface area contributed by atoms with Gasteiger partial charge in [-0.05, 0) is 5.92 Å². The Morgan fingerprint density at radius 1 is 0.950 bits per heavy atom. The third kappa shape index (κ3) is 5.27. The van der Waals surface area contributed by atoms with Crippen molar-refractivity contribution < 1.29 is 19.1 Å². The van der Waals surface area contributed by atoms with Crippen LogP contribution in [0.25, 0.3) is 0 Å². The normalized spacial score (nSPS) is 32.7. The Kier molecular flexibility index (Phi) is 4.91. The SMILES string of the molecule is CCC(C)CN(CC1CO1)ON(CC1CO1)CC1CO1. The average Bonchev–Trinajstić information content (AvgIpc) is 3.22. The molecule has 0 aromatic heterocycles. The smallest absolute Gasteiger partial charge is 0.0960 e. The molecule has 3 heterocycles. The van der Waals surface area contributed by atoms with E-state index in [1.165, 1.54) is 0 Å². The van der Waals surface area contributed by atoms with Gasteiger partial charge in [0.25, 0.3) is 0 Å². The Morgan fingerprint density at radius 2 is 1.40 bits per heavy atom. The van der Waals surface area contributed by atoms with Gasteiger partial charge in [0, 0.05) is 6.54 Å². The summed E-state index contributed by atoms with van der Waals surface area (Å²) in [4.78, 5) is 6.10. The van der Waals surface area contributed by atoms with Gasteiger partial charge < -0.3 is 14.2 Å². The largest absolute Gasteiger partial charge is 0.372 e. The van der Waals surface area contributed by atoms with Crippen molar-refractivity contribution in [3.63, 3.8) is 0 Å². The van der Waals surface area contributed by atoms with E-state index in [0.717, 1.165) is 52.4 Å². The monoisotopic (exact) mass is 286 g/mol. The Balaban J connectivity index is 1.49. The summed E-state index contributed by atoms with van der Waals surface area (Å²) < 4.78 is 16.0. The van der Waals surface area contributed by atoms with Crippen LogP contribution in [0.1, 0.15) is 20.3 Å². The Bertz CT molecular complexity index is 292. The van der Waals surface area contributed by atoms with Gasteiger partial charge in [-0.15, -0.1) is 0 Å². The lowest BCUT2D eigenvalue weighted by Gasteiger charge is -2.29. The summed E-state index contributed by atoms with van der Waals surface area (Å²) in [6.45, 7) is 10.4. The summed E-state index contributed by atoms with van der Waals surface area (Å²) in [5.74, 6) is 0.616. The molecule has 3 aliphatic heterocycles. The molecule has 0 bridgehead atoms. The zero-order valence-corrected chi connectivity index (χ0v) is 12.5. The van der Waals surface area contributed by atoms with Crippen LogP contribution in [0.5, 0.6) is 0 Å². The van der Waals surface area contributed by atoms with Crippen LogP contribution in [0.15, 0.2) is 0 Å². The average molecular weight is 286 g/mol. The van der Waals surface area contributed by atoms with E-state index in [9.17, 15) is 0 Å². The molecule has 0 saturated carbocycles. The van der Waals surface area contributed by atoms with Gasteiger partial charge in [-0.25, -0.2) is 4.94 Å². The predicted molar refractivity (Wildman–Crippen MR) is 72.9 cm³/mol. The highest BCUT2D eigenvalue weighted by Crippen LogP contribution is 2.19. The second kappa shape index (κ2) is 6.68. The van der Waals surface area contributed by atoms with E-state index >= 15 is 0 Å². The van der Waals surface area contributed by atoms with Crippen LogP contribution in [-0.4, -0.2) is 74.4 Å². The zero-order valence-electron chi connectivity index (χ0n) is 12.5. The molecule has 0 spiro atoms. The minimum atomic E-state index is 0.330. The summed E-state index contributed by atoms with van der Waals surface area (Å²) in [5.41, 5.74) is 0. The number of rotatable bonds is 11. The van der Waals surface area contributed by atoms with Crippen LogP contribution in [0.4, 0.5) is 0 Å². The quantitative estimate of drug-likeness (QED) is 0.411. The first-order valence-corrected chi connectivity index (χ1v) is 7.75. The van der Waals surface area contributed by atoms with Gasteiger partial charge >= 0.3 is 0 Å². The molecule has 4 atom stereocenters. The molecule has 0 aromatic rings. The van der Waals surface area contributed by atoms with E-state index in [1.807, 2.05) is 5.06 Å². The molecule has 3 aliphatic rings. The molecular weight excluding hydrogens is 260 g/mol. The highest BCUT2D eigenvalue weighted by molar-refractivity contribution is 4.77. The maximum atomic E-state index is 6.10. The van der Waals surface area contributed by atoms with Crippen molar-refractivity contribution in [2.75, 3.05) is 46.0 Å². The minimum absolute atomic E-state index is 0.330. The van der Waals surface area contributed by atoms with Crippen molar-refractivity contribution in [2.45, 2.75) is 38.6 Å². The maximum Gasteiger partial charge on any atom is 0.0960 e. The predicted octanol–water partition coefficient (Wildman–Crippen LogP) is 0.680. The Morgan fingerprint density at radius 3 is 1.80 bits per heavy atom. The van der Waals surface area contributed by atoms with Crippen molar-refractivity contribution in [1.82, 2.24) is 10.1 Å². The third-order valence-corrected chi connectivity index (χ3v) is 3.87. The molecule has 116 valence electrons. The van der Waals surface area contributed by atoms with Crippen molar-refractivity contribution in [1.29, 1.82) is 0 Å². The second-order valence-electron chi connectivity index (χ2n) is 6.16. The van der Waals surface area contributed by atoms with Gasteiger partial charge in [0.1, 0.15) is 0 Å². The summed E-state index contributed by atoms with van der Waals surface area (Å²) >= 11 is 0. The van der Waals surface area contributed by atoms with Gasteiger partial charge in [-0.1, -0.05) is 20.3 Å². The van der Waals surface area contributed by atoms with Crippen molar-refractivity contribution in [3.05, 3.63) is 0 Å². The lowest BCUT2D eigenvalue weighted by molar-refractivity contribution is -0.330. The molecule has 6 heteroatoms. The van der Waals surface area contributed by atoms with Crippen molar-refractivity contribution in [2.24, 2.45) is 5.92 Å². The van der Waals surface area contributed by atoms with Crippen molar-refractivity contribution in [3.8, 4) is 0 Å². The number of hydrogen-bond acceptors (Lipinski definition) is 6. The molecule has 20 heavy (non-hydrogen) atoms. The maximum absolute atomic E-state index is 6.10. The van der Waals surface area contributed by atoms with E-state index in [0.29, 0.717) is 24.2 Å². The van der Waals surface area contributed by atoms with Gasteiger partial charge in [-0.2, -0.15) is 10.1 Å². The summed E-state index contributed by atoms with van der Waals surface area (Å²) in [5, 5.41) is 4.05.